The summed E-state index contributed by atoms with van der Waals surface area (Å²) in [5.41, 5.74) is 2.46. The van der Waals surface area contributed by atoms with E-state index in [0.717, 1.165) is 12.4 Å². The van der Waals surface area contributed by atoms with Crippen molar-refractivity contribution in [2.75, 3.05) is 20.3 Å². The Balaban J connectivity index is 1.78. The molecule has 2 heterocycles. The zero-order valence-corrected chi connectivity index (χ0v) is 15.1. The van der Waals surface area contributed by atoms with Gasteiger partial charge in [0.25, 0.3) is 5.91 Å². The lowest BCUT2D eigenvalue weighted by atomic mass is 10.1. The van der Waals surface area contributed by atoms with Gasteiger partial charge in [0.15, 0.2) is 5.76 Å². The normalized spacial score (nSPS) is 10.8. The Bertz CT molecular complexity index is 840. The third-order valence-corrected chi connectivity index (χ3v) is 4.32. The van der Waals surface area contributed by atoms with Gasteiger partial charge in [0.2, 0.25) is 0 Å². The number of imidazole rings is 1. The minimum absolute atomic E-state index is 0.169. The number of carbonyl (C=O) groups is 1. The smallest absolute Gasteiger partial charge is 0.290 e. The topological polar surface area (TPSA) is 60.5 Å². The Hall–Kier alpha value is -2.86. The molecule has 0 atom stereocenters. The van der Waals surface area contributed by atoms with Crippen LogP contribution in [0.2, 0.25) is 0 Å². The highest BCUT2D eigenvalue weighted by Crippen LogP contribution is 2.14. The molecule has 0 radical (unpaired) electrons. The van der Waals surface area contributed by atoms with E-state index in [1.165, 1.54) is 17.4 Å². The van der Waals surface area contributed by atoms with Gasteiger partial charge in [0, 0.05) is 32.6 Å². The second kappa shape index (κ2) is 8.49. The summed E-state index contributed by atoms with van der Waals surface area (Å²) in [6.07, 6.45) is 5.20. The van der Waals surface area contributed by atoms with Crippen LogP contribution in [0, 0.1) is 6.92 Å². The van der Waals surface area contributed by atoms with Gasteiger partial charge in [0.05, 0.1) is 19.4 Å². The van der Waals surface area contributed by atoms with Crippen molar-refractivity contribution in [1.29, 1.82) is 0 Å². The van der Waals surface area contributed by atoms with Gasteiger partial charge in [0.1, 0.15) is 5.82 Å². The van der Waals surface area contributed by atoms with Crippen molar-refractivity contribution >= 4 is 5.91 Å². The van der Waals surface area contributed by atoms with Crippen molar-refractivity contribution in [2.24, 2.45) is 0 Å². The molecule has 0 unspecified atom stereocenters. The largest absolute Gasteiger partial charge is 0.459 e. The molecule has 3 aromatic rings. The van der Waals surface area contributed by atoms with Gasteiger partial charge in [-0.3, -0.25) is 4.79 Å². The number of hydrogen-bond acceptors (Lipinski definition) is 4. The number of furan rings is 1. The highest BCUT2D eigenvalue weighted by atomic mass is 16.5. The van der Waals surface area contributed by atoms with Crippen molar-refractivity contribution in [2.45, 2.75) is 20.0 Å². The van der Waals surface area contributed by atoms with Gasteiger partial charge in [-0.1, -0.05) is 24.3 Å². The summed E-state index contributed by atoms with van der Waals surface area (Å²) >= 11 is 0. The van der Waals surface area contributed by atoms with Crippen LogP contribution in [-0.2, 0) is 17.8 Å². The Labute approximate surface area is 153 Å². The molecule has 0 aliphatic rings. The third kappa shape index (κ3) is 4.21. The minimum Gasteiger partial charge on any atom is -0.459 e. The van der Waals surface area contributed by atoms with E-state index < -0.39 is 0 Å². The fraction of sp³-hybridized carbons (Fsp3) is 0.300. The number of nitrogens with zero attached hydrogens (tertiary/aromatic N) is 3. The van der Waals surface area contributed by atoms with Crippen LogP contribution in [0.3, 0.4) is 0 Å². The molecule has 0 spiro atoms. The van der Waals surface area contributed by atoms with Gasteiger partial charge in [-0.25, -0.2) is 4.98 Å². The molecule has 0 N–H and O–H groups in total. The average Bonchev–Trinajstić information content (AvgIpc) is 3.32. The Morgan fingerprint density at radius 2 is 2.12 bits per heavy atom. The number of ether oxygens (including phenoxy) is 1. The molecule has 26 heavy (non-hydrogen) atoms. The molecule has 6 heteroatoms. The molecule has 3 rings (SSSR count). The monoisotopic (exact) mass is 353 g/mol. The predicted octanol–water partition coefficient (Wildman–Crippen LogP) is 3.12. The van der Waals surface area contributed by atoms with Crippen LogP contribution in [0.25, 0.3) is 0 Å². The zero-order chi connectivity index (χ0) is 18.4. The number of aromatic nitrogens is 2. The highest BCUT2D eigenvalue weighted by Gasteiger charge is 2.20. The molecule has 0 bridgehead atoms. The van der Waals surface area contributed by atoms with Gasteiger partial charge in [-0.05, 0) is 30.2 Å². The molecule has 0 saturated carbocycles. The molecule has 2 aromatic heterocycles. The van der Waals surface area contributed by atoms with Crippen LogP contribution < -0.4 is 0 Å². The van der Waals surface area contributed by atoms with Crippen LogP contribution in [-0.4, -0.2) is 40.6 Å². The fourth-order valence-electron chi connectivity index (χ4n) is 2.79. The summed E-state index contributed by atoms with van der Waals surface area (Å²) < 4.78 is 12.5. The lowest BCUT2D eigenvalue weighted by Gasteiger charge is -2.21. The maximum Gasteiger partial charge on any atom is 0.290 e. The molecule has 1 aromatic carbocycles. The number of aryl methyl sites for hydroxylation is 1. The van der Waals surface area contributed by atoms with E-state index in [9.17, 15) is 4.79 Å². The lowest BCUT2D eigenvalue weighted by molar-refractivity contribution is 0.0642. The number of carbonyl (C=O) groups excluding carboxylic acids is 1. The maximum absolute atomic E-state index is 12.7. The molecule has 0 aliphatic heterocycles. The molecule has 0 fully saturated rings. The van der Waals surface area contributed by atoms with E-state index in [1.807, 2.05) is 18.3 Å². The summed E-state index contributed by atoms with van der Waals surface area (Å²) in [5, 5.41) is 0. The maximum atomic E-state index is 12.7. The van der Waals surface area contributed by atoms with Crippen molar-refractivity contribution < 1.29 is 13.9 Å². The Kier molecular flexibility index (Phi) is 5.86. The quantitative estimate of drug-likeness (QED) is 0.624. The molecule has 0 aliphatic carbocycles. The summed E-state index contributed by atoms with van der Waals surface area (Å²) in [6.45, 7) is 4.12. The van der Waals surface area contributed by atoms with Crippen LogP contribution in [0.4, 0.5) is 0 Å². The fourth-order valence-corrected chi connectivity index (χ4v) is 2.79. The van der Waals surface area contributed by atoms with E-state index in [1.54, 1.807) is 30.3 Å². The number of hydrogen-bond donors (Lipinski definition) is 0. The van der Waals surface area contributed by atoms with Gasteiger partial charge < -0.3 is 18.6 Å². The molecular weight excluding hydrogens is 330 g/mol. The third-order valence-electron chi connectivity index (χ3n) is 4.32. The highest BCUT2D eigenvalue weighted by molar-refractivity contribution is 5.91. The second-order valence-electron chi connectivity index (χ2n) is 6.09. The average molecular weight is 353 g/mol. The predicted molar refractivity (Wildman–Crippen MR) is 97.8 cm³/mol. The van der Waals surface area contributed by atoms with Crippen LogP contribution in [0.5, 0.6) is 0 Å². The Morgan fingerprint density at radius 1 is 1.27 bits per heavy atom. The van der Waals surface area contributed by atoms with E-state index in [2.05, 4.69) is 28.6 Å². The molecule has 136 valence electrons. The van der Waals surface area contributed by atoms with Crippen molar-refractivity contribution in [3.05, 3.63) is 77.8 Å². The standard InChI is InChI=1S/C20H23N3O3/c1-16-6-3-4-7-17(16)14-22-10-9-21-19(22)15-23(11-13-25-2)20(24)18-8-5-12-26-18/h3-10,12H,11,13-15H2,1-2H3. The number of rotatable bonds is 8. The Morgan fingerprint density at radius 3 is 2.85 bits per heavy atom. The number of benzene rings is 1. The molecule has 0 saturated heterocycles. The van der Waals surface area contributed by atoms with Crippen molar-refractivity contribution in [3.8, 4) is 0 Å². The van der Waals surface area contributed by atoms with Crippen LogP contribution in [0.1, 0.15) is 27.5 Å². The van der Waals surface area contributed by atoms with E-state index in [4.69, 9.17) is 9.15 Å². The lowest BCUT2D eigenvalue weighted by Crippen LogP contribution is -2.34. The first-order chi connectivity index (χ1) is 12.7. The van der Waals surface area contributed by atoms with Gasteiger partial charge >= 0.3 is 0 Å². The first-order valence-electron chi connectivity index (χ1n) is 8.55. The van der Waals surface area contributed by atoms with Crippen LogP contribution >= 0.6 is 0 Å². The molecule has 1 amide bonds. The minimum atomic E-state index is -0.169. The number of amides is 1. The molecule has 6 nitrogen and oxygen atoms in total. The van der Waals surface area contributed by atoms with Gasteiger partial charge in [-0.15, -0.1) is 0 Å². The summed E-state index contributed by atoms with van der Waals surface area (Å²) in [4.78, 5) is 18.8. The molecular formula is C20H23N3O3. The second-order valence-corrected chi connectivity index (χ2v) is 6.09. The van der Waals surface area contributed by atoms with Gasteiger partial charge in [-0.2, -0.15) is 0 Å². The number of methoxy groups -OCH3 is 1. The van der Waals surface area contributed by atoms with E-state index in [-0.39, 0.29) is 5.91 Å². The van der Waals surface area contributed by atoms with Crippen LogP contribution in [0.15, 0.2) is 59.5 Å². The van der Waals surface area contributed by atoms with E-state index >= 15 is 0 Å². The van der Waals surface area contributed by atoms with E-state index in [0.29, 0.717) is 25.5 Å². The van der Waals surface area contributed by atoms with Crippen molar-refractivity contribution in [3.63, 3.8) is 0 Å². The first-order valence-corrected chi connectivity index (χ1v) is 8.55. The van der Waals surface area contributed by atoms with Crippen molar-refractivity contribution in [1.82, 2.24) is 14.5 Å². The SMILES string of the molecule is COCCN(Cc1nccn1Cc1ccccc1C)C(=O)c1ccco1. The zero-order valence-electron chi connectivity index (χ0n) is 15.1. The summed E-state index contributed by atoms with van der Waals surface area (Å²) in [6, 6.07) is 11.6. The summed E-state index contributed by atoms with van der Waals surface area (Å²) in [7, 11) is 1.62. The summed E-state index contributed by atoms with van der Waals surface area (Å²) in [5.74, 6) is 0.972. The first kappa shape index (κ1) is 17.9.